The molecule has 3 N–H and O–H groups in total. The molecular weight excluding hydrogens is 332 g/mol. The van der Waals surface area contributed by atoms with E-state index in [9.17, 15) is 14.7 Å². The molecule has 1 aliphatic heterocycles. The van der Waals surface area contributed by atoms with Crippen molar-refractivity contribution in [2.24, 2.45) is 5.73 Å². The molecule has 3 rings (SSSR count). The fourth-order valence-corrected chi connectivity index (χ4v) is 2.82. The molecule has 6 heteroatoms. The van der Waals surface area contributed by atoms with Gasteiger partial charge in [-0.05, 0) is 30.5 Å². The molecule has 6 nitrogen and oxygen atoms in total. The molecule has 2 unspecified atom stereocenters. The Labute approximate surface area is 153 Å². The Morgan fingerprint density at radius 1 is 1.19 bits per heavy atom. The maximum atomic E-state index is 12.5. The predicted molar refractivity (Wildman–Crippen MR) is 99.6 cm³/mol. The lowest BCUT2D eigenvalue weighted by atomic mass is 10.1. The standard InChI is InChI=1S/C18H19NO3.C2H5NO/c1-13(20)17-11-15-9-5-6-10-16(15)19(17)18(21)22-12-14-7-3-2-4-8-14;1-2(3)4/h2-10,13,17,20H,11-12H2,1H3;1H3,(H2,3,4). The average molecular weight is 356 g/mol. The molecule has 0 bridgehead atoms. The van der Waals surface area contributed by atoms with Crippen molar-refractivity contribution in [3.63, 3.8) is 0 Å². The Kier molecular flexibility index (Phi) is 6.74. The first-order valence-electron chi connectivity index (χ1n) is 8.42. The Hall–Kier alpha value is -2.86. The van der Waals surface area contributed by atoms with Crippen molar-refractivity contribution < 1.29 is 19.4 Å². The van der Waals surface area contributed by atoms with Gasteiger partial charge in [-0.15, -0.1) is 0 Å². The van der Waals surface area contributed by atoms with Gasteiger partial charge in [0.15, 0.2) is 0 Å². The van der Waals surface area contributed by atoms with Gasteiger partial charge in [-0.25, -0.2) is 4.79 Å². The van der Waals surface area contributed by atoms with Gasteiger partial charge in [0, 0.05) is 6.92 Å². The number of anilines is 1. The van der Waals surface area contributed by atoms with Crippen molar-refractivity contribution >= 4 is 17.7 Å². The number of benzene rings is 2. The molecule has 0 aromatic heterocycles. The first-order valence-corrected chi connectivity index (χ1v) is 8.42. The minimum absolute atomic E-state index is 0.227. The second-order valence-electron chi connectivity index (χ2n) is 6.16. The van der Waals surface area contributed by atoms with Crippen LogP contribution < -0.4 is 10.6 Å². The quantitative estimate of drug-likeness (QED) is 0.884. The zero-order valence-corrected chi connectivity index (χ0v) is 15.0. The monoisotopic (exact) mass is 356 g/mol. The molecule has 2 amide bonds. The van der Waals surface area contributed by atoms with Crippen LogP contribution in [0.5, 0.6) is 0 Å². The van der Waals surface area contributed by atoms with E-state index in [4.69, 9.17) is 4.74 Å². The van der Waals surface area contributed by atoms with Gasteiger partial charge in [-0.1, -0.05) is 48.5 Å². The minimum atomic E-state index is -0.614. The van der Waals surface area contributed by atoms with Crippen molar-refractivity contribution in [1.82, 2.24) is 0 Å². The topological polar surface area (TPSA) is 92.9 Å². The van der Waals surface area contributed by atoms with E-state index in [-0.39, 0.29) is 18.6 Å². The summed E-state index contributed by atoms with van der Waals surface area (Å²) in [6.45, 7) is 3.24. The van der Waals surface area contributed by atoms with Crippen molar-refractivity contribution in [2.75, 3.05) is 4.90 Å². The van der Waals surface area contributed by atoms with Crippen LogP contribution in [0, 0.1) is 0 Å². The normalized spacial score (nSPS) is 16.1. The third kappa shape index (κ3) is 5.07. The zero-order chi connectivity index (χ0) is 19.1. The van der Waals surface area contributed by atoms with Crippen LogP contribution in [0.4, 0.5) is 10.5 Å². The number of rotatable bonds is 3. The molecule has 26 heavy (non-hydrogen) atoms. The minimum Gasteiger partial charge on any atom is -0.444 e. The summed E-state index contributed by atoms with van der Waals surface area (Å²) in [5.41, 5.74) is 7.30. The second kappa shape index (κ2) is 9.01. The first-order chi connectivity index (χ1) is 12.4. The number of aliphatic hydroxyl groups excluding tert-OH is 1. The van der Waals surface area contributed by atoms with Crippen LogP contribution in [0.2, 0.25) is 0 Å². The number of nitrogens with two attached hydrogens (primary N) is 1. The number of aliphatic hydroxyl groups is 1. The van der Waals surface area contributed by atoms with E-state index < -0.39 is 12.2 Å². The van der Waals surface area contributed by atoms with E-state index in [0.29, 0.717) is 6.42 Å². The van der Waals surface area contributed by atoms with Gasteiger partial charge in [-0.3, -0.25) is 9.69 Å². The van der Waals surface area contributed by atoms with Gasteiger partial charge in [0.2, 0.25) is 5.91 Å². The van der Waals surface area contributed by atoms with Crippen LogP contribution in [0.1, 0.15) is 25.0 Å². The molecule has 138 valence electrons. The third-order valence-corrected chi connectivity index (χ3v) is 3.97. The summed E-state index contributed by atoms with van der Waals surface area (Å²) in [5.74, 6) is -0.333. The molecule has 1 heterocycles. The summed E-state index contributed by atoms with van der Waals surface area (Å²) in [6, 6.07) is 17.0. The number of nitrogens with zero attached hydrogens (tertiary/aromatic N) is 1. The third-order valence-electron chi connectivity index (χ3n) is 3.97. The number of fused-ring (bicyclic) bond motifs is 1. The lowest BCUT2D eigenvalue weighted by Crippen LogP contribution is -2.44. The van der Waals surface area contributed by atoms with Crippen LogP contribution in [0.25, 0.3) is 0 Å². The number of carbonyl (C=O) groups excluding carboxylic acids is 2. The Balaban J connectivity index is 0.000000552. The summed E-state index contributed by atoms with van der Waals surface area (Å²) in [6.07, 6.45) is -0.384. The molecule has 2 atom stereocenters. The smallest absolute Gasteiger partial charge is 0.414 e. The van der Waals surface area contributed by atoms with Crippen LogP contribution in [-0.2, 0) is 22.6 Å². The van der Waals surface area contributed by atoms with E-state index in [1.165, 1.54) is 6.92 Å². The largest absolute Gasteiger partial charge is 0.444 e. The fraction of sp³-hybridized carbons (Fsp3) is 0.300. The van der Waals surface area contributed by atoms with Crippen LogP contribution in [0.15, 0.2) is 54.6 Å². The van der Waals surface area contributed by atoms with E-state index in [2.05, 4.69) is 5.73 Å². The van der Waals surface area contributed by atoms with Gasteiger partial charge >= 0.3 is 6.09 Å². The molecule has 0 spiro atoms. The summed E-state index contributed by atoms with van der Waals surface area (Å²) in [5, 5.41) is 9.98. The average Bonchev–Trinajstić information content (AvgIpc) is 3.00. The highest BCUT2D eigenvalue weighted by molar-refractivity contribution is 5.91. The van der Waals surface area contributed by atoms with Gasteiger partial charge in [-0.2, -0.15) is 0 Å². The number of carbonyl (C=O) groups is 2. The molecule has 0 saturated carbocycles. The highest BCUT2D eigenvalue weighted by atomic mass is 16.6. The zero-order valence-electron chi connectivity index (χ0n) is 15.0. The molecule has 1 aliphatic rings. The maximum Gasteiger partial charge on any atom is 0.414 e. The van der Waals surface area contributed by atoms with Gasteiger partial charge in [0.1, 0.15) is 6.61 Å². The van der Waals surface area contributed by atoms with Crippen molar-refractivity contribution in [1.29, 1.82) is 0 Å². The first kappa shape index (κ1) is 19.5. The molecule has 0 fully saturated rings. The number of hydrogen-bond acceptors (Lipinski definition) is 4. The van der Waals surface area contributed by atoms with E-state index in [1.807, 2.05) is 54.6 Å². The summed E-state index contributed by atoms with van der Waals surface area (Å²) >= 11 is 0. The lowest BCUT2D eigenvalue weighted by molar-refractivity contribution is -0.115. The van der Waals surface area contributed by atoms with Gasteiger partial charge < -0.3 is 15.6 Å². The highest BCUT2D eigenvalue weighted by Gasteiger charge is 2.37. The van der Waals surface area contributed by atoms with E-state index >= 15 is 0 Å². The summed E-state index contributed by atoms with van der Waals surface area (Å²) in [7, 11) is 0. The Morgan fingerprint density at radius 3 is 2.38 bits per heavy atom. The van der Waals surface area contributed by atoms with Crippen LogP contribution in [0.3, 0.4) is 0 Å². The van der Waals surface area contributed by atoms with Crippen molar-refractivity contribution in [3.05, 3.63) is 65.7 Å². The molecule has 0 saturated heterocycles. The highest BCUT2D eigenvalue weighted by Crippen LogP contribution is 2.34. The fourth-order valence-electron chi connectivity index (χ4n) is 2.82. The van der Waals surface area contributed by atoms with Crippen molar-refractivity contribution in [3.8, 4) is 0 Å². The van der Waals surface area contributed by atoms with Crippen LogP contribution >= 0.6 is 0 Å². The summed E-state index contributed by atoms with van der Waals surface area (Å²) in [4.78, 5) is 23.3. The Bertz CT molecular complexity index is 742. The Morgan fingerprint density at radius 2 is 1.77 bits per heavy atom. The predicted octanol–water partition coefficient (Wildman–Crippen LogP) is 2.63. The number of ether oxygens (including phenoxy) is 1. The van der Waals surface area contributed by atoms with Crippen molar-refractivity contribution in [2.45, 2.75) is 39.0 Å². The molecule has 2 aromatic rings. The summed E-state index contributed by atoms with van der Waals surface area (Å²) < 4.78 is 5.43. The number of primary amides is 1. The van der Waals surface area contributed by atoms with E-state index in [0.717, 1.165) is 16.8 Å². The number of amides is 2. The number of para-hydroxylation sites is 1. The van der Waals surface area contributed by atoms with E-state index in [1.54, 1.807) is 11.8 Å². The maximum absolute atomic E-state index is 12.5. The molecular formula is C20H24N2O4. The molecule has 0 aliphatic carbocycles. The number of hydrogen-bond donors (Lipinski definition) is 2. The van der Waals surface area contributed by atoms with Gasteiger partial charge in [0.25, 0.3) is 0 Å². The van der Waals surface area contributed by atoms with Crippen LogP contribution in [-0.4, -0.2) is 29.3 Å². The molecule has 0 radical (unpaired) electrons. The lowest BCUT2D eigenvalue weighted by Gasteiger charge is -2.26. The molecule has 2 aromatic carbocycles. The SMILES string of the molecule is CC(N)=O.CC(O)C1Cc2ccccc2N1C(=O)OCc1ccccc1. The van der Waals surface area contributed by atoms with Gasteiger partial charge in [0.05, 0.1) is 17.8 Å². The second-order valence-corrected chi connectivity index (χ2v) is 6.16.